The van der Waals surface area contributed by atoms with Gasteiger partial charge in [-0.15, -0.1) is 0 Å². The van der Waals surface area contributed by atoms with Crippen LogP contribution in [0.3, 0.4) is 0 Å². The molecule has 2 amide bonds. The molecule has 5 nitrogen and oxygen atoms in total. The van der Waals surface area contributed by atoms with Gasteiger partial charge in [-0.3, -0.25) is 0 Å². The molecule has 0 aliphatic carbocycles. The summed E-state index contributed by atoms with van der Waals surface area (Å²) < 4.78 is 42.3. The zero-order chi connectivity index (χ0) is 17.6. The Labute approximate surface area is 138 Å². The van der Waals surface area contributed by atoms with Crippen molar-refractivity contribution in [2.75, 3.05) is 25.1 Å². The van der Waals surface area contributed by atoms with E-state index in [9.17, 15) is 23.1 Å². The van der Waals surface area contributed by atoms with E-state index in [1.54, 1.807) is 24.3 Å². The van der Waals surface area contributed by atoms with Crippen molar-refractivity contribution in [3.05, 3.63) is 29.8 Å². The first-order chi connectivity index (χ1) is 11.3. The lowest BCUT2D eigenvalue weighted by molar-refractivity contribution is -0.133. The van der Waals surface area contributed by atoms with E-state index >= 15 is 0 Å². The number of hydrogen-bond acceptors (Lipinski definition) is 3. The van der Waals surface area contributed by atoms with Crippen LogP contribution in [0.1, 0.15) is 24.8 Å². The summed E-state index contributed by atoms with van der Waals surface area (Å²) in [7, 11) is 0. The number of carbonyl (C=O) groups excluding carboxylic acids is 1. The zero-order valence-electron chi connectivity index (χ0n) is 13.2. The molecule has 2 rings (SSSR count). The smallest absolute Gasteiger partial charge is 0.388 e. The maximum absolute atomic E-state index is 12.4. The molecule has 1 saturated heterocycles. The molecule has 8 heteroatoms. The summed E-state index contributed by atoms with van der Waals surface area (Å²) in [5, 5.41) is 15.4. The van der Waals surface area contributed by atoms with Crippen molar-refractivity contribution in [2.24, 2.45) is 0 Å². The first-order valence-electron chi connectivity index (χ1n) is 7.77. The summed E-state index contributed by atoms with van der Waals surface area (Å²) in [6.07, 6.45) is -4.55. The van der Waals surface area contributed by atoms with E-state index < -0.39 is 24.2 Å². The number of rotatable bonds is 5. The van der Waals surface area contributed by atoms with Crippen molar-refractivity contribution in [1.29, 1.82) is 0 Å². The Morgan fingerprint density at radius 1 is 1.25 bits per heavy atom. The fraction of sp³-hybridized carbons (Fsp3) is 0.562. The van der Waals surface area contributed by atoms with Crippen molar-refractivity contribution in [1.82, 2.24) is 5.32 Å². The van der Waals surface area contributed by atoms with Crippen LogP contribution in [0.2, 0.25) is 0 Å². The summed E-state index contributed by atoms with van der Waals surface area (Å²) in [5.41, 5.74) is -0.265. The van der Waals surface area contributed by atoms with E-state index in [1.807, 2.05) is 0 Å². The number of carbonyl (C=O) groups is 1. The van der Waals surface area contributed by atoms with Crippen LogP contribution in [0, 0.1) is 0 Å². The molecule has 0 spiro atoms. The lowest BCUT2D eigenvalue weighted by atomic mass is 9.94. The SMILES string of the molecule is O=C(NCC1(O)CCOCC1)Nc1ccccc1CCC(F)(F)F. The van der Waals surface area contributed by atoms with E-state index in [0.717, 1.165) is 0 Å². The summed E-state index contributed by atoms with van der Waals surface area (Å²) in [5.74, 6) is 0. The van der Waals surface area contributed by atoms with E-state index in [4.69, 9.17) is 4.74 Å². The molecule has 1 fully saturated rings. The summed E-state index contributed by atoms with van der Waals surface area (Å²) in [6.45, 7) is 0.924. The summed E-state index contributed by atoms with van der Waals surface area (Å²) in [6, 6.07) is 5.80. The molecule has 1 aromatic carbocycles. The zero-order valence-corrected chi connectivity index (χ0v) is 13.2. The fourth-order valence-electron chi connectivity index (χ4n) is 2.48. The highest BCUT2D eigenvalue weighted by atomic mass is 19.4. The van der Waals surface area contributed by atoms with Gasteiger partial charge in [-0.05, 0) is 18.1 Å². The van der Waals surface area contributed by atoms with Crippen LogP contribution < -0.4 is 10.6 Å². The average molecular weight is 346 g/mol. The quantitative estimate of drug-likeness (QED) is 0.768. The largest absolute Gasteiger partial charge is 0.389 e. The second kappa shape index (κ2) is 7.85. The van der Waals surface area contributed by atoms with Crippen LogP contribution >= 0.6 is 0 Å². The molecule has 1 aromatic rings. The van der Waals surface area contributed by atoms with E-state index in [-0.39, 0.29) is 13.0 Å². The molecular formula is C16H21F3N2O3. The molecular weight excluding hydrogens is 325 g/mol. The third kappa shape index (κ3) is 6.01. The van der Waals surface area contributed by atoms with Crippen molar-refractivity contribution < 1.29 is 27.8 Å². The third-order valence-corrected chi connectivity index (χ3v) is 3.94. The van der Waals surface area contributed by atoms with Crippen LogP contribution in [-0.4, -0.2) is 42.7 Å². The minimum Gasteiger partial charge on any atom is -0.388 e. The number of alkyl halides is 3. The van der Waals surface area contributed by atoms with Crippen molar-refractivity contribution in [3.63, 3.8) is 0 Å². The summed E-state index contributed by atoms with van der Waals surface area (Å²) >= 11 is 0. The molecule has 1 heterocycles. The molecule has 1 aliphatic rings. The molecule has 0 aromatic heterocycles. The van der Waals surface area contributed by atoms with Crippen LogP contribution in [0.5, 0.6) is 0 Å². The highest BCUT2D eigenvalue weighted by Crippen LogP contribution is 2.25. The minimum absolute atomic E-state index is 0.0624. The third-order valence-electron chi connectivity index (χ3n) is 3.94. The lowest BCUT2D eigenvalue weighted by Crippen LogP contribution is -2.47. The number of hydrogen-bond donors (Lipinski definition) is 3. The predicted molar refractivity (Wildman–Crippen MR) is 82.8 cm³/mol. The van der Waals surface area contributed by atoms with Crippen LogP contribution in [0.4, 0.5) is 23.7 Å². The number of amides is 2. The number of anilines is 1. The van der Waals surface area contributed by atoms with Gasteiger partial charge in [0.15, 0.2) is 0 Å². The topological polar surface area (TPSA) is 70.6 Å². The molecule has 24 heavy (non-hydrogen) atoms. The Kier molecular flexibility index (Phi) is 6.06. The maximum Gasteiger partial charge on any atom is 0.389 e. The van der Waals surface area contributed by atoms with Crippen molar-refractivity contribution >= 4 is 11.7 Å². The monoisotopic (exact) mass is 346 g/mol. The number of halogens is 3. The van der Waals surface area contributed by atoms with Gasteiger partial charge in [0, 0.05) is 44.7 Å². The van der Waals surface area contributed by atoms with Gasteiger partial charge in [-0.25, -0.2) is 4.79 Å². The number of urea groups is 1. The Balaban J connectivity index is 1.89. The second-order valence-electron chi connectivity index (χ2n) is 5.92. The van der Waals surface area contributed by atoms with E-state index in [1.165, 1.54) is 0 Å². The predicted octanol–water partition coefficient (Wildman–Crippen LogP) is 2.84. The number of ether oxygens (including phenoxy) is 1. The molecule has 1 aliphatic heterocycles. The molecule has 0 atom stereocenters. The van der Waals surface area contributed by atoms with E-state index in [2.05, 4.69) is 10.6 Å². The van der Waals surface area contributed by atoms with Crippen molar-refractivity contribution in [2.45, 2.75) is 37.5 Å². The molecule has 0 radical (unpaired) electrons. The molecule has 0 saturated carbocycles. The lowest BCUT2D eigenvalue weighted by Gasteiger charge is -2.32. The number of aliphatic hydroxyl groups is 1. The number of benzene rings is 1. The average Bonchev–Trinajstić information content (AvgIpc) is 2.52. The standard InChI is InChI=1S/C16H21F3N2O3/c17-16(18,19)6-5-12-3-1-2-4-13(12)21-14(22)20-11-15(23)7-9-24-10-8-15/h1-4,23H,5-11H2,(H2,20,21,22). The maximum atomic E-state index is 12.4. The van der Waals surface area contributed by atoms with E-state index in [0.29, 0.717) is 37.3 Å². The summed E-state index contributed by atoms with van der Waals surface area (Å²) in [4.78, 5) is 12.0. The first-order valence-corrected chi connectivity index (χ1v) is 7.77. The van der Waals surface area contributed by atoms with Gasteiger partial charge < -0.3 is 20.5 Å². The van der Waals surface area contributed by atoms with Gasteiger partial charge in [0.25, 0.3) is 0 Å². The Morgan fingerprint density at radius 3 is 2.58 bits per heavy atom. The normalized spacial score (nSPS) is 17.3. The Morgan fingerprint density at radius 2 is 1.92 bits per heavy atom. The Bertz CT molecular complexity index is 558. The van der Waals surface area contributed by atoms with Gasteiger partial charge in [0.05, 0.1) is 5.60 Å². The highest BCUT2D eigenvalue weighted by molar-refractivity contribution is 5.90. The van der Waals surface area contributed by atoms with Crippen LogP contribution in [0.15, 0.2) is 24.3 Å². The second-order valence-corrected chi connectivity index (χ2v) is 5.92. The molecule has 0 unspecified atom stereocenters. The minimum atomic E-state index is -4.25. The molecule has 134 valence electrons. The number of nitrogens with one attached hydrogen (secondary N) is 2. The van der Waals surface area contributed by atoms with Gasteiger partial charge in [0.2, 0.25) is 0 Å². The molecule has 0 bridgehead atoms. The molecule has 3 N–H and O–H groups in total. The van der Waals surface area contributed by atoms with Crippen LogP contribution in [0.25, 0.3) is 0 Å². The Hall–Kier alpha value is -1.80. The number of para-hydroxylation sites is 1. The fourth-order valence-corrected chi connectivity index (χ4v) is 2.48. The van der Waals surface area contributed by atoms with Crippen molar-refractivity contribution in [3.8, 4) is 0 Å². The first kappa shape index (κ1) is 18.5. The van der Waals surface area contributed by atoms with Gasteiger partial charge in [-0.2, -0.15) is 13.2 Å². The van der Waals surface area contributed by atoms with Crippen LogP contribution in [-0.2, 0) is 11.2 Å². The van der Waals surface area contributed by atoms with Gasteiger partial charge in [-0.1, -0.05) is 18.2 Å². The van der Waals surface area contributed by atoms with Gasteiger partial charge in [0.1, 0.15) is 0 Å². The number of aryl methyl sites for hydroxylation is 1. The van der Waals surface area contributed by atoms with Gasteiger partial charge >= 0.3 is 12.2 Å². The highest BCUT2D eigenvalue weighted by Gasteiger charge is 2.30.